The van der Waals surface area contributed by atoms with Gasteiger partial charge < -0.3 is 14.8 Å². The summed E-state index contributed by atoms with van der Waals surface area (Å²) in [5.41, 5.74) is 0.651. The molecule has 0 aliphatic heterocycles. The molecular formula is C17H19NO3. The van der Waals surface area contributed by atoms with E-state index >= 15 is 0 Å². The van der Waals surface area contributed by atoms with Crippen LogP contribution in [-0.4, -0.2) is 25.7 Å². The Labute approximate surface area is 124 Å². The minimum absolute atomic E-state index is 0.0918. The number of amides is 1. The van der Waals surface area contributed by atoms with Crippen LogP contribution < -0.4 is 14.8 Å². The molecule has 110 valence electrons. The van der Waals surface area contributed by atoms with Crippen molar-refractivity contribution in [2.45, 2.75) is 6.92 Å². The fraction of sp³-hybridized carbons (Fsp3) is 0.235. The summed E-state index contributed by atoms with van der Waals surface area (Å²) in [4.78, 5) is 11.8. The third-order valence-electron chi connectivity index (χ3n) is 2.83. The molecule has 2 aromatic carbocycles. The number of hydrogen-bond donors (Lipinski definition) is 1. The second kappa shape index (κ2) is 7.94. The van der Waals surface area contributed by atoms with Gasteiger partial charge in [0.2, 0.25) is 0 Å². The molecular weight excluding hydrogens is 266 g/mol. The van der Waals surface area contributed by atoms with E-state index in [0.29, 0.717) is 25.3 Å². The summed E-state index contributed by atoms with van der Waals surface area (Å²) in [5, 5.41) is 2.81. The SMILES string of the molecule is CCOc1ccc(OCCNC(=O)c2ccccc2)cc1. The zero-order valence-corrected chi connectivity index (χ0v) is 12.0. The van der Waals surface area contributed by atoms with Gasteiger partial charge in [0.15, 0.2) is 0 Å². The molecule has 0 spiro atoms. The highest BCUT2D eigenvalue weighted by Gasteiger charge is 2.03. The van der Waals surface area contributed by atoms with Gasteiger partial charge in [0.1, 0.15) is 18.1 Å². The Morgan fingerprint density at radius 3 is 2.19 bits per heavy atom. The minimum Gasteiger partial charge on any atom is -0.494 e. The van der Waals surface area contributed by atoms with E-state index in [2.05, 4.69) is 5.32 Å². The van der Waals surface area contributed by atoms with E-state index in [1.54, 1.807) is 12.1 Å². The molecule has 0 aliphatic rings. The first-order valence-electron chi connectivity index (χ1n) is 6.98. The van der Waals surface area contributed by atoms with E-state index in [1.165, 1.54) is 0 Å². The third kappa shape index (κ3) is 4.84. The van der Waals surface area contributed by atoms with Crippen molar-refractivity contribution in [1.82, 2.24) is 5.32 Å². The lowest BCUT2D eigenvalue weighted by Crippen LogP contribution is -2.27. The summed E-state index contributed by atoms with van der Waals surface area (Å²) >= 11 is 0. The Kier molecular flexibility index (Phi) is 5.64. The Bertz CT molecular complexity index is 552. The Morgan fingerprint density at radius 1 is 0.952 bits per heavy atom. The molecule has 0 unspecified atom stereocenters. The lowest BCUT2D eigenvalue weighted by molar-refractivity contribution is 0.0947. The number of rotatable bonds is 7. The smallest absolute Gasteiger partial charge is 0.251 e. The molecule has 0 aliphatic carbocycles. The van der Waals surface area contributed by atoms with Gasteiger partial charge in [0.05, 0.1) is 13.2 Å². The topological polar surface area (TPSA) is 47.6 Å². The number of ether oxygens (including phenoxy) is 2. The second-order valence-corrected chi connectivity index (χ2v) is 4.37. The summed E-state index contributed by atoms with van der Waals surface area (Å²) < 4.78 is 10.9. The van der Waals surface area contributed by atoms with Crippen molar-refractivity contribution in [3.05, 3.63) is 60.2 Å². The fourth-order valence-electron chi connectivity index (χ4n) is 1.82. The van der Waals surface area contributed by atoms with Crippen molar-refractivity contribution in [3.63, 3.8) is 0 Å². The zero-order valence-electron chi connectivity index (χ0n) is 12.0. The molecule has 21 heavy (non-hydrogen) atoms. The van der Waals surface area contributed by atoms with Crippen molar-refractivity contribution in [2.24, 2.45) is 0 Å². The van der Waals surface area contributed by atoms with Crippen LogP contribution in [0.5, 0.6) is 11.5 Å². The van der Waals surface area contributed by atoms with Crippen LogP contribution in [0.1, 0.15) is 17.3 Å². The van der Waals surface area contributed by atoms with E-state index in [4.69, 9.17) is 9.47 Å². The lowest BCUT2D eigenvalue weighted by Gasteiger charge is -2.09. The van der Waals surface area contributed by atoms with Crippen LogP contribution in [0.4, 0.5) is 0 Å². The van der Waals surface area contributed by atoms with Gasteiger partial charge >= 0.3 is 0 Å². The number of hydrogen-bond acceptors (Lipinski definition) is 3. The maximum Gasteiger partial charge on any atom is 0.251 e. The summed E-state index contributed by atoms with van der Waals surface area (Å²) in [5.74, 6) is 1.49. The van der Waals surface area contributed by atoms with Gasteiger partial charge in [0, 0.05) is 5.56 Å². The minimum atomic E-state index is -0.0918. The summed E-state index contributed by atoms with van der Waals surface area (Å²) in [6, 6.07) is 16.5. The average Bonchev–Trinajstić information content (AvgIpc) is 2.54. The van der Waals surface area contributed by atoms with E-state index in [-0.39, 0.29) is 5.91 Å². The van der Waals surface area contributed by atoms with Gasteiger partial charge in [-0.2, -0.15) is 0 Å². The molecule has 0 heterocycles. The normalized spacial score (nSPS) is 9.95. The second-order valence-electron chi connectivity index (χ2n) is 4.37. The Hall–Kier alpha value is -2.49. The quantitative estimate of drug-likeness (QED) is 0.796. The molecule has 0 saturated heterocycles. The van der Waals surface area contributed by atoms with Gasteiger partial charge in [-0.3, -0.25) is 4.79 Å². The largest absolute Gasteiger partial charge is 0.494 e. The highest BCUT2D eigenvalue weighted by molar-refractivity contribution is 5.94. The number of carbonyl (C=O) groups excluding carboxylic acids is 1. The number of carbonyl (C=O) groups is 1. The first-order chi connectivity index (χ1) is 10.3. The van der Waals surface area contributed by atoms with Gasteiger partial charge in [-0.15, -0.1) is 0 Å². The van der Waals surface area contributed by atoms with E-state index < -0.39 is 0 Å². The average molecular weight is 285 g/mol. The molecule has 1 amide bonds. The van der Waals surface area contributed by atoms with Crippen LogP contribution in [0.15, 0.2) is 54.6 Å². The van der Waals surface area contributed by atoms with Gasteiger partial charge in [-0.25, -0.2) is 0 Å². The highest BCUT2D eigenvalue weighted by Crippen LogP contribution is 2.17. The summed E-state index contributed by atoms with van der Waals surface area (Å²) in [7, 11) is 0. The van der Waals surface area contributed by atoms with Crippen molar-refractivity contribution in [3.8, 4) is 11.5 Å². The van der Waals surface area contributed by atoms with Crippen LogP contribution in [0.3, 0.4) is 0 Å². The highest BCUT2D eigenvalue weighted by atomic mass is 16.5. The van der Waals surface area contributed by atoms with Crippen molar-refractivity contribution >= 4 is 5.91 Å². The lowest BCUT2D eigenvalue weighted by atomic mass is 10.2. The number of benzene rings is 2. The van der Waals surface area contributed by atoms with E-state index in [9.17, 15) is 4.79 Å². The maximum absolute atomic E-state index is 11.8. The van der Waals surface area contributed by atoms with Crippen LogP contribution in [-0.2, 0) is 0 Å². The monoisotopic (exact) mass is 285 g/mol. The first kappa shape index (κ1) is 14.9. The van der Waals surface area contributed by atoms with Crippen LogP contribution >= 0.6 is 0 Å². The molecule has 2 aromatic rings. The molecule has 0 aromatic heterocycles. The molecule has 0 radical (unpaired) electrons. The van der Waals surface area contributed by atoms with E-state index in [0.717, 1.165) is 11.5 Å². The van der Waals surface area contributed by atoms with Crippen molar-refractivity contribution in [1.29, 1.82) is 0 Å². The molecule has 0 fully saturated rings. The predicted octanol–water partition coefficient (Wildman–Crippen LogP) is 2.89. The molecule has 4 nitrogen and oxygen atoms in total. The summed E-state index contributed by atoms with van der Waals surface area (Å²) in [6.45, 7) is 3.47. The number of nitrogens with one attached hydrogen (secondary N) is 1. The van der Waals surface area contributed by atoms with Gasteiger partial charge in [0.25, 0.3) is 5.91 Å². The molecule has 0 bridgehead atoms. The fourth-order valence-corrected chi connectivity index (χ4v) is 1.82. The molecule has 2 rings (SSSR count). The third-order valence-corrected chi connectivity index (χ3v) is 2.83. The molecule has 1 N–H and O–H groups in total. The standard InChI is InChI=1S/C17H19NO3/c1-2-20-15-8-10-16(11-9-15)21-13-12-18-17(19)14-6-4-3-5-7-14/h3-11H,2,12-13H2,1H3,(H,18,19). The Balaban J connectivity index is 1.71. The van der Waals surface area contributed by atoms with Crippen molar-refractivity contribution < 1.29 is 14.3 Å². The summed E-state index contributed by atoms with van der Waals surface area (Å²) in [6.07, 6.45) is 0. The van der Waals surface area contributed by atoms with Gasteiger partial charge in [-0.1, -0.05) is 18.2 Å². The molecule has 0 saturated carbocycles. The first-order valence-corrected chi connectivity index (χ1v) is 6.98. The molecule has 4 heteroatoms. The Morgan fingerprint density at radius 2 is 1.57 bits per heavy atom. The van der Waals surface area contributed by atoms with E-state index in [1.807, 2.05) is 49.4 Å². The van der Waals surface area contributed by atoms with Crippen LogP contribution in [0.2, 0.25) is 0 Å². The van der Waals surface area contributed by atoms with Crippen LogP contribution in [0, 0.1) is 0 Å². The molecule has 0 atom stereocenters. The predicted molar refractivity (Wildman–Crippen MR) is 81.9 cm³/mol. The van der Waals surface area contributed by atoms with Crippen LogP contribution in [0.25, 0.3) is 0 Å². The van der Waals surface area contributed by atoms with Gasteiger partial charge in [-0.05, 0) is 43.3 Å². The maximum atomic E-state index is 11.8. The zero-order chi connectivity index (χ0) is 14.9. The van der Waals surface area contributed by atoms with Crippen molar-refractivity contribution in [2.75, 3.05) is 19.8 Å².